The second kappa shape index (κ2) is 8.39. The summed E-state index contributed by atoms with van der Waals surface area (Å²) in [6.45, 7) is 0. The van der Waals surface area contributed by atoms with E-state index in [-0.39, 0.29) is 11.8 Å². The van der Waals surface area contributed by atoms with Crippen molar-refractivity contribution in [1.29, 1.82) is 0 Å². The van der Waals surface area contributed by atoms with Crippen LogP contribution in [0.2, 0.25) is 0 Å². The smallest absolute Gasteiger partial charge is 0.0205 e. The van der Waals surface area contributed by atoms with E-state index < -0.39 is 0 Å². The van der Waals surface area contributed by atoms with E-state index in [4.69, 9.17) is 0 Å². The van der Waals surface area contributed by atoms with E-state index in [0.29, 0.717) is 0 Å². The SMILES string of the molecule is C1=CC(c2ccccc2)C(c2ccccc2)C(c2ccccc2)=C1c1ccccc1. The molecule has 0 N–H and O–H groups in total. The molecule has 30 heavy (non-hydrogen) atoms. The molecule has 4 aromatic carbocycles. The molecule has 0 saturated carbocycles. The molecule has 1 aliphatic carbocycles. The van der Waals surface area contributed by atoms with Gasteiger partial charge in [-0.15, -0.1) is 0 Å². The van der Waals surface area contributed by atoms with Crippen molar-refractivity contribution in [3.8, 4) is 0 Å². The monoisotopic (exact) mass is 384 g/mol. The molecule has 0 heteroatoms. The molecule has 5 rings (SSSR count). The number of hydrogen-bond acceptors (Lipinski definition) is 0. The zero-order valence-corrected chi connectivity index (χ0v) is 16.9. The molecule has 0 heterocycles. The number of allylic oxidation sites excluding steroid dienone is 4. The van der Waals surface area contributed by atoms with Gasteiger partial charge in [-0.25, -0.2) is 0 Å². The maximum absolute atomic E-state index is 2.39. The molecule has 1 aliphatic rings. The number of rotatable bonds is 4. The summed E-state index contributed by atoms with van der Waals surface area (Å²) in [6, 6.07) is 43.5. The summed E-state index contributed by atoms with van der Waals surface area (Å²) in [5.74, 6) is 0.535. The lowest BCUT2D eigenvalue weighted by molar-refractivity contribution is 0.748. The van der Waals surface area contributed by atoms with Crippen molar-refractivity contribution in [1.82, 2.24) is 0 Å². The van der Waals surface area contributed by atoms with Gasteiger partial charge in [-0.05, 0) is 33.4 Å². The first kappa shape index (κ1) is 18.4. The van der Waals surface area contributed by atoms with E-state index >= 15 is 0 Å². The predicted molar refractivity (Wildman–Crippen MR) is 127 cm³/mol. The van der Waals surface area contributed by atoms with Gasteiger partial charge in [0, 0.05) is 11.8 Å². The first-order chi connectivity index (χ1) is 14.9. The first-order valence-corrected chi connectivity index (χ1v) is 10.5. The Kier molecular flexibility index (Phi) is 5.14. The Hall–Kier alpha value is -3.64. The second-order valence-corrected chi connectivity index (χ2v) is 7.74. The van der Waals surface area contributed by atoms with Crippen LogP contribution in [0.4, 0.5) is 0 Å². The third-order valence-corrected chi connectivity index (χ3v) is 5.94. The van der Waals surface area contributed by atoms with E-state index in [2.05, 4.69) is 133 Å². The molecule has 0 spiro atoms. The van der Waals surface area contributed by atoms with E-state index in [1.807, 2.05) is 0 Å². The number of benzene rings is 4. The van der Waals surface area contributed by atoms with Gasteiger partial charge in [0.15, 0.2) is 0 Å². The molecule has 0 nitrogen and oxygen atoms in total. The van der Waals surface area contributed by atoms with E-state index in [1.54, 1.807) is 0 Å². The topological polar surface area (TPSA) is 0 Å². The third kappa shape index (κ3) is 3.53. The fourth-order valence-electron chi connectivity index (χ4n) is 4.58. The highest BCUT2D eigenvalue weighted by molar-refractivity contribution is 5.99. The first-order valence-electron chi connectivity index (χ1n) is 10.5. The Morgan fingerprint density at radius 1 is 0.433 bits per heavy atom. The Labute approximate surface area is 178 Å². The van der Waals surface area contributed by atoms with Crippen LogP contribution >= 0.6 is 0 Å². The maximum atomic E-state index is 2.39. The van der Waals surface area contributed by atoms with Crippen LogP contribution in [0.5, 0.6) is 0 Å². The average Bonchev–Trinajstić information content (AvgIpc) is 2.85. The number of hydrogen-bond donors (Lipinski definition) is 0. The van der Waals surface area contributed by atoms with Gasteiger partial charge < -0.3 is 0 Å². The van der Waals surface area contributed by atoms with E-state index in [1.165, 1.54) is 33.4 Å². The van der Waals surface area contributed by atoms with Gasteiger partial charge >= 0.3 is 0 Å². The molecule has 4 aromatic rings. The van der Waals surface area contributed by atoms with E-state index in [9.17, 15) is 0 Å². The van der Waals surface area contributed by atoms with Crippen molar-refractivity contribution < 1.29 is 0 Å². The Bertz CT molecular complexity index is 1150. The van der Waals surface area contributed by atoms with Crippen LogP contribution in [-0.4, -0.2) is 0 Å². The lowest BCUT2D eigenvalue weighted by Gasteiger charge is -2.34. The molecule has 144 valence electrons. The van der Waals surface area contributed by atoms with Crippen LogP contribution in [0.25, 0.3) is 11.1 Å². The van der Waals surface area contributed by atoms with Crippen molar-refractivity contribution in [2.45, 2.75) is 11.8 Å². The minimum Gasteiger partial charge on any atom is -0.0754 e. The zero-order valence-electron chi connectivity index (χ0n) is 16.9. The van der Waals surface area contributed by atoms with Gasteiger partial charge in [-0.1, -0.05) is 133 Å². The Morgan fingerprint density at radius 2 is 0.900 bits per heavy atom. The van der Waals surface area contributed by atoms with Crippen molar-refractivity contribution in [2.75, 3.05) is 0 Å². The lowest BCUT2D eigenvalue weighted by Crippen LogP contribution is -2.16. The summed E-state index contributed by atoms with van der Waals surface area (Å²) in [7, 11) is 0. The standard InChI is InChI=1S/C30H24/c1-5-13-23(14-6-1)27-21-22-28(24-15-7-2-8-16-24)30(26-19-11-4-12-20-26)29(27)25-17-9-3-10-18-25/h1-22,27,29H. The molecule has 0 fully saturated rings. The van der Waals surface area contributed by atoms with Crippen molar-refractivity contribution in [3.63, 3.8) is 0 Å². The van der Waals surface area contributed by atoms with Crippen LogP contribution in [0.1, 0.15) is 34.1 Å². The van der Waals surface area contributed by atoms with Crippen LogP contribution in [0.3, 0.4) is 0 Å². The highest BCUT2D eigenvalue weighted by Gasteiger charge is 2.32. The molecular weight excluding hydrogens is 360 g/mol. The van der Waals surface area contributed by atoms with Gasteiger partial charge in [0.25, 0.3) is 0 Å². The maximum Gasteiger partial charge on any atom is 0.0205 e. The quantitative estimate of drug-likeness (QED) is 0.338. The minimum atomic E-state index is 0.246. The lowest BCUT2D eigenvalue weighted by atomic mass is 9.69. The summed E-state index contributed by atoms with van der Waals surface area (Å²) in [6.07, 6.45) is 4.72. The minimum absolute atomic E-state index is 0.246. The van der Waals surface area contributed by atoms with Gasteiger partial charge in [0.2, 0.25) is 0 Å². The summed E-state index contributed by atoms with van der Waals surface area (Å²) < 4.78 is 0. The zero-order chi connectivity index (χ0) is 20.2. The summed E-state index contributed by atoms with van der Waals surface area (Å²) >= 11 is 0. The fraction of sp³-hybridized carbons (Fsp3) is 0.0667. The van der Waals surface area contributed by atoms with Crippen molar-refractivity contribution >= 4 is 11.1 Å². The van der Waals surface area contributed by atoms with Crippen LogP contribution < -0.4 is 0 Å². The molecule has 0 aromatic heterocycles. The molecule has 0 amide bonds. The Balaban J connectivity index is 1.78. The van der Waals surface area contributed by atoms with Crippen LogP contribution in [0.15, 0.2) is 133 Å². The van der Waals surface area contributed by atoms with Crippen LogP contribution in [-0.2, 0) is 0 Å². The average molecular weight is 385 g/mol. The Morgan fingerprint density at radius 3 is 1.47 bits per heavy atom. The molecule has 0 radical (unpaired) electrons. The van der Waals surface area contributed by atoms with Gasteiger partial charge in [-0.3, -0.25) is 0 Å². The normalized spacial score (nSPS) is 18.4. The summed E-state index contributed by atoms with van der Waals surface area (Å²) in [5, 5.41) is 0. The highest BCUT2D eigenvalue weighted by Crippen LogP contribution is 2.50. The van der Waals surface area contributed by atoms with Crippen LogP contribution in [0, 0.1) is 0 Å². The molecule has 2 unspecified atom stereocenters. The molecule has 2 atom stereocenters. The summed E-state index contributed by atoms with van der Waals surface area (Å²) in [5.41, 5.74) is 7.95. The molecule has 0 bridgehead atoms. The highest BCUT2D eigenvalue weighted by atomic mass is 14.3. The largest absolute Gasteiger partial charge is 0.0754 e. The third-order valence-electron chi connectivity index (χ3n) is 5.94. The second-order valence-electron chi connectivity index (χ2n) is 7.74. The van der Waals surface area contributed by atoms with Gasteiger partial charge in [0.05, 0.1) is 0 Å². The van der Waals surface area contributed by atoms with Gasteiger partial charge in [-0.2, -0.15) is 0 Å². The van der Waals surface area contributed by atoms with E-state index in [0.717, 1.165) is 0 Å². The van der Waals surface area contributed by atoms with Crippen molar-refractivity contribution in [3.05, 3.63) is 156 Å². The molecule has 0 aliphatic heterocycles. The fourth-order valence-corrected chi connectivity index (χ4v) is 4.58. The molecular formula is C30H24. The predicted octanol–water partition coefficient (Wildman–Crippen LogP) is 7.73. The summed E-state index contributed by atoms with van der Waals surface area (Å²) in [4.78, 5) is 0. The van der Waals surface area contributed by atoms with Crippen molar-refractivity contribution in [2.24, 2.45) is 0 Å². The molecule has 0 saturated heterocycles. The van der Waals surface area contributed by atoms with Gasteiger partial charge in [0.1, 0.15) is 0 Å².